The van der Waals surface area contributed by atoms with Gasteiger partial charge in [-0.3, -0.25) is 4.98 Å². The largest absolute Gasteiger partial charge is 0.476 e. The summed E-state index contributed by atoms with van der Waals surface area (Å²) in [5, 5.41) is 9.96. The van der Waals surface area contributed by atoms with Crippen LogP contribution in [-0.4, -0.2) is 26.0 Å². The number of carboxylic acids is 1. The van der Waals surface area contributed by atoms with Crippen LogP contribution in [0.4, 0.5) is 0 Å². The number of fused-ring (bicyclic) bond motifs is 1. The first-order valence-corrected chi connectivity index (χ1v) is 5.79. The molecular formula is C14H11N3O2. The monoisotopic (exact) mass is 253 g/mol. The first kappa shape index (κ1) is 11.4. The van der Waals surface area contributed by atoms with Gasteiger partial charge in [0.25, 0.3) is 0 Å². The Hall–Kier alpha value is -2.69. The van der Waals surface area contributed by atoms with Crippen molar-refractivity contribution in [3.8, 4) is 11.3 Å². The number of hydrogen-bond donors (Lipinski definition) is 2. The Morgan fingerprint density at radius 2 is 2.16 bits per heavy atom. The Balaban J connectivity index is 2.22. The fourth-order valence-electron chi connectivity index (χ4n) is 2.12. The number of benzene rings is 1. The zero-order valence-corrected chi connectivity index (χ0v) is 10.2. The number of carboxylic acid groups (broad SMARTS) is 1. The number of aryl methyl sites for hydroxylation is 1. The molecule has 0 bridgehead atoms. The number of H-pyrrole nitrogens is 1. The van der Waals surface area contributed by atoms with Gasteiger partial charge in [0, 0.05) is 22.7 Å². The van der Waals surface area contributed by atoms with E-state index in [1.54, 1.807) is 6.20 Å². The molecule has 0 unspecified atom stereocenters. The minimum atomic E-state index is -1.08. The smallest absolute Gasteiger partial charge is 0.356 e. The number of aromatic carboxylic acids is 1. The normalized spacial score (nSPS) is 10.8. The fourth-order valence-corrected chi connectivity index (χ4v) is 2.12. The van der Waals surface area contributed by atoms with Crippen molar-refractivity contribution < 1.29 is 9.90 Å². The summed E-state index contributed by atoms with van der Waals surface area (Å²) in [5.74, 6) is -1.08. The van der Waals surface area contributed by atoms with Crippen molar-refractivity contribution in [2.75, 3.05) is 0 Å². The van der Waals surface area contributed by atoms with Crippen LogP contribution in [0.15, 0.2) is 36.8 Å². The third-order valence-corrected chi connectivity index (χ3v) is 3.05. The zero-order valence-electron chi connectivity index (χ0n) is 10.2. The van der Waals surface area contributed by atoms with Crippen molar-refractivity contribution >= 4 is 16.9 Å². The SMILES string of the molecule is Cc1cccc2c(-c3cncc(C(=O)O)n3)c[nH]c12. The van der Waals surface area contributed by atoms with Crippen molar-refractivity contribution in [3.05, 3.63) is 48.0 Å². The number of aromatic nitrogens is 3. The summed E-state index contributed by atoms with van der Waals surface area (Å²) in [6, 6.07) is 5.95. The number of nitrogens with zero attached hydrogens (tertiary/aromatic N) is 2. The molecule has 0 aliphatic carbocycles. The molecule has 0 atom stereocenters. The minimum absolute atomic E-state index is 0.0560. The van der Waals surface area contributed by atoms with Crippen molar-refractivity contribution in [1.29, 1.82) is 0 Å². The second-order valence-corrected chi connectivity index (χ2v) is 4.29. The number of para-hydroxylation sites is 1. The Kier molecular flexibility index (Phi) is 2.52. The number of rotatable bonds is 2. The molecule has 94 valence electrons. The molecule has 3 aromatic rings. The number of aromatic amines is 1. The summed E-state index contributed by atoms with van der Waals surface area (Å²) < 4.78 is 0. The topological polar surface area (TPSA) is 78.9 Å². The summed E-state index contributed by atoms with van der Waals surface area (Å²) in [6.07, 6.45) is 4.64. The highest BCUT2D eigenvalue weighted by molar-refractivity contribution is 5.96. The van der Waals surface area contributed by atoms with Crippen LogP contribution >= 0.6 is 0 Å². The number of nitrogens with one attached hydrogen (secondary N) is 1. The van der Waals surface area contributed by atoms with E-state index in [-0.39, 0.29) is 5.69 Å². The molecule has 2 aromatic heterocycles. The van der Waals surface area contributed by atoms with Gasteiger partial charge in [-0.1, -0.05) is 18.2 Å². The van der Waals surface area contributed by atoms with Crippen LogP contribution in [0.5, 0.6) is 0 Å². The van der Waals surface area contributed by atoms with E-state index in [1.807, 2.05) is 31.3 Å². The Labute approximate surface area is 109 Å². The maximum Gasteiger partial charge on any atom is 0.356 e. The molecule has 0 spiro atoms. The summed E-state index contributed by atoms with van der Waals surface area (Å²) in [7, 11) is 0. The maximum absolute atomic E-state index is 10.9. The lowest BCUT2D eigenvalue weighted by atomic mass is 10.1. The maximum atomic E-state index is 10.9. The van der Waals surface area contributed by atoms with E-state index in [2.05, 4.69) is 15.0 Å². The van der Waals surface area contributed by atoms with E-state index >= 15 is 0 Å². The van der Waals surface area contributed by atoms with Crippen LogP contribution in [0, 0.1) is 6.92 Å². The highest BCUT2D eigenvalue weighted by Crippen LogP contribution is 2.28. The highest BCUT2D eigenvalue weighted by atomic mass is 16.4. The molecule has 0 fully saturated rings. The van der Waals surface area contributed by atoms with Crippen LogP contribution in [-0.2, 0) is 0 Å². The van der Waals surface area contributed by atoms with E-state index < -0.39 is 5.97 Å². The third-order valence-electron chi connectivity index (χ3n) is 3.05. The average molecular weight is 253 g/mol. The first-order chi connectivity index (χ1) is 9.16. The van der Waals surface area contributed by atoms with E-state index in [1.165, 1.54) is 6.20 Å². The van der Waals surface area contributed by atoms with E-state index in [4.69, 9.17) is 5.11 Å². The third kappa shape index (κ3) is 1.85. The summed E-state index contributed by atoms with van der Waals surface area (Å²) in [6.45, 7) is 2.02. The van der Waals surface area contributed by atoms with Crippen molar-refractivity contribution in [1.82, 2.24) is 15.0 Å². The Morgan fingerprint density at radius 1 is 1.32 bits per heavy atom. The van der Waals surface area contributed by atoms with Gasteiger partial charge in [-0.25, -0.2) is 9.78 Å². The molecule has 2 N–H and O–H groups in total. The standard InChI is InChI=1S/C14H11N3O2/c1-8-3-2-4-9-10(5-16-13(8)9)11-6-15-7-12(17-11)14(18)19/h2-7,16H,1H3,(H,18,19). The van der Waals surface area contributed by atoms with Gasteiger partial charge >= 0.3 is 5.97 Å². The van der Waals surface area contributed by atoms with Crippen LogP contribution < -0.4 is 0 Å². The first-order valence-electron chi connectivity index (χ1n) is 5.79. The Bertz CT molecular complexity index is 777. The summed E-state index contributed by atoms with van der Waals surface area (Å²) in [4.78, 5) is 22.2. The molecule has 0 aliphatic rings. The molecule has 3 rings (SSSR count). The van der Waals surface area contributed by atoms with Gasteiger partial charge in [0.2, 0.25) is 0 Å². The molecule has 0 saturated carbocycles. The summed E-state index contributed by atoms with van der Waals surface area (Å²) in [5.41, 5.74) is 3.51. The lowest BCUT2D eigenvalue weighted by Crippen LogP contribution is -2.01. The van der Waals surface area contributed by atoms with Gasteiger partial charge in [-0.05, 0) is 12.5 Å². The van der Waals surface area contributed by atoms with Crippen molar-refractivity contribution in [2.24, 2.45) is 0 Å². The van der Waals surface area contributed by atoms with Crippen LogP contribution in [0.2, 0.25) is 0 Å². The van der Waals surface area contributed by atoms with E-state index in [0.717, 1.165) is 22.0 Å². The molecule has 0 amide bonds. The van der Waals surface area contributed by atoms with Crippen molar-refractivity contribution in [2.45, 2.75) is 6.92 Å². The summed E-state index contributed by atoms with van der Waals surface area (Å²) >= 11 is 0. The van der Waals surface area contributed by atoms with Crippen LogP contribution in [0.1, 0.15) is 16.1 Å². The lowest BCUT2D eigenvalue weighted by molar-refractivity contribution is 0.0690. The second kappa shape index (κ2) is 4.20. The van der Waals surface area contributed by atoms with Crippen molar-refractivity contribution in [3.63, 3.8) is 0 Å². The second-order valence-electron chi connectivity index (χ2n) is 4.29. The van der Waals surface area contributed by atoms with E-state index in [0.29, 0.717) is 5.69 Å². The van der Waals surface area contributed by atoms with Gasteiger partial charge in [-0.15, -0.1) is 0 Å². The molecule has 5 heteroatoms. The predicted octanol–water partition coefficient (Wildman–Crippen LogP) is 2.63. The van der Waals surface area contributed by atoms with Gasteiger partial charge in [-0.2, -0.15) is 0 Å². The molecule has 0 aliphatic heterocycles. The molecule has 5 nitrogen and oxygen atoms in total. The predicted molar refractivity (Wildman–Crippen MR) is 71.0 cm³/mol. The molecular weight excluding hydrogens is 242 g/mol. The number of carbonyl (C=O) groups is 1. The van der Waals surface area contributed by atoms with E-state index in [9.17, 15) is 4.79 Å². The van der Waals surface area contributed by atoms with Gasteiger partial charge in [0.1, 0.15) is 0 Å². The molecule has 1 aromatic carbocycles. The lowest BCUT2D eigenvalue weighted by Gasteiger charge is -2.00. The van der Waals surface area contributed by atoms with Gasteiger partial charge < -0.3 is 10.1 Å². The van der Waals surface area contributed by atoms with Crippen LogP contribution in [0.3, 0.4) is 0 Å². The van der Waals surface area contributed by atoms with Crippen LogP contribution in [0.25, 0.3) is 22.2 Å². The number of hydrogen-bond acceptors (Lipinski definition) is 3. The minimum Gasteiger partial charge on any atom is -0.476 e. The zero-order chi connectivity index (χ0) is 13.4. The van der Waals surface area contributed by atoms with Gasteiger partial charge in [0.15, 0.2) is 5.69 Å². The Morgan fingerprint density at radius 3 is 2.95 bits per heavy atom. The van der Waals surface area contributed by atoms with Gasteiger partial charge in [0.05, 0.1) is 18.1 Å². The molecule has 2 heterocycles. The molecule has 0 radical (unpaired) electrons. The quantitative estimate of drug-likeness (QED) is 0.735. The average Bonchev–Trinajstić information content (AvgIpc) is 2.84. The molecule has 19 heavy (non-hydrogen) atoms. The highest BCUT2D eigenvalue weighted by Gasteiger charge is 2.11. The molecule has 0 saturated heterocycles. The fraction of sp³-hybridized carbons (Fsp3) is 0.0714.